The second kappa shape index (κ2) is 6.77. The highest BCUT2D eigenvalue weighted by atomic mass is 16.3. The number of amides is 1. The van der Waals surface area contributed by atoms with Crippen molar-refractivity contribution >= 4 is 11.6 Å². The lowest BCUT2D eigenvalue weighted by Gasteiger charge is -2.22. The number of aliphatic hydroxyl groups is 1. The third-order valence-electron chi connectivity index (χ3n) is 4.72. The summed E-state index contributed by atoms with van der Waals surface area (Å²) < 4.78 is 1.89. The molecule has 0 aliphatic carbocycles. The fraction of sp³-hybridized carbons (Fsp3) is 0.238. The molecule has 1 amide bonds. The molecule has 0 fully saturated rings. The van der Waals surface area contributed by atoms with E-state index in [9.17, 15) is 9.90 Å². The molecular weight excluding hydrogens is 326 g/mol. The van der Waals surface area contributed by atoms with Crippen LogP contribution in [0.25, 0.3) is 16.8 Å². The predicted molar refractivity (Wildman–Crippen MR) is 101 cm³/mol. The number of benzene rings is 1. The third-order valence-corrected chi connectivity index (χ3v) is 4.72. The summed E-state index contributed by atoms with van der Waals surface area (Å²) in [5.74, 6) is -0.0318. The summed E-state index contributed by atoms with van der Waals surface area (Å²) in [5, 5.41) is 9.79. The highest BCUT2D eigenvalue weighted by Gasteiger charge is 2.19. The van der Waals surface area contributed by atoms with Gasteiger partial charge in [0.25, 0.3) is 5.91 Å². The van der Waals surface area contributed by atoms with E-state index in [0.29, 0.717) is 12.2 Å². The number of hydrogen-bond acceptors (Lipinski definition) is 3. The van der Waals surface area contributed by atoms with E-state index < -0.39 is 6.10 Å². The Morgan fingerprint density at radius 2 is 2.04 bits per heavy atom. The third kappa shape index (κ3) is 3.13. The Bertz CT molecular complexity index is 988. The molecule has 1 aliphatic rings. The van der Waals surface area contributed by atoms with Crippen molar-refractivity contribution in [2.45, 2.75) is 19.4 Å². The molecule has 4 rings (SSSR count). The molecule has 1 unspecified atom stereocenters. The molecule has 2 aromatic heterocycles. The molecule has 132 valence electrons. The van der Waals surface area contributed by atoms with Crippen molar-refractivity contribution in [1.29, 1.82) is 0 Å². The molecule has 3 heterocycles. The van der Waals surface area contributed by atoms with Gasteiger partial charge in [-0.15, -0.1) is 0 Å². The molecule has 0 saturated carbocycles. The van der Waals surface area contributed by atoms with Crippen molar-refractivity contribution < 1.29 is 9.90 Å². The number of carbonyl (C=O) groups is 1. The molecule has 1 N–H and O–H groups in total. The van der Waals surface area contributed by atoms with E-state index in [-0.39, 0.29) is 5.91 Å². The molecular formula is C21H21N3O2. The number of pyridine rings is 1. The van der Waals surface area contributed by atoms with Crippen molar-refractivity contribution in [1.82, 2.24) is 14.3 Å². The number of rotatable bonds is 3. The van der Waals surface area contributed by atoms with E-state index in [0.717, 1.165) is 35.3 Å². The van der Waals surface area contributed by atoms with Crippen LogP contribution in [-0.4, -0.2) is 38.4 Å². The van der Waals surface area contributed by atoms with Gasteiger partial charge in [-0.3, -0.25) is 4.79 Å². The van der Waals surface area contributed by atoms with Crippen LogP contribution < -0.4 is 0 Å². The number of aromatic nitrogens is 2. The van der Waals surface area contributed by atoms with Crippen molar-refractivity contribution in [2.75, 3.05) is 13.1 Å². The average molecular weight is 347 g/mol. The van der Waals surface area contributed by atoms with Crippen LogP contribution in [0.15, 0.2) is 60.9 Å². The van der Waals surface area contributed by atoms with Gasteiger partial charge >= 0.3 is 0 Å². The van der Waals surface area contributed by atoms with Gasteiger partial charge in [0.2, 0.25) is 0 Å². The Morgan fingerprint density at radius 1 is 1.15 bits per heavy atom. The number of aliphatic hydroxyl groups excluding tert-OH is 1. The zero-order valence-corrected chi connectivity index (χ0v) is 14.7. The number of hydrogen-bond donors (Lipinski definition) is 1. The van der Waals surface area contributed by atoms with Crippen LogP contribution in [0.3, 0.4) is 0 Å². The first-order valence-corrected chi connectivity index (χ1v) is 8.83. The molecule has 3 aromatic rings. The maximum Gasteiger partial charge on any atom is 0.274 e. The maximum atomic E-state index is 12.6. The van der Waals surface area contributed by atoms with Crippen LogP contribution in [0.5, 0.6) is 0 Å². The van der Waals surface area contributed by atoms with Gasteiger partial charge in [-0.25, -0.2) is 4.98 Å². The van der Waals surface area contributed by atoms with Crippen molar-refractivity contribution in [3.05, 3.63) is 72.2 Å². The Hall–Kier alpha value is -2.92. The minimum absolute atomic E-state index is 0.0318. The lowest BCUT2D eigenvalue weighted by Crippen LogP contribution is -2.33. The van der Waals surface area contributed by atoms with E-state index in [1.165, 1.54) is 0 Å². The van der Waals surface area contributed by atoms with E-state index in [1.807, 2.05) is 58.0 Å². The highest BCUT2D eigenvalue weighted by molar-refractivity contribution is 5.93. The number of imidazole rings is 1. The van der Waals surface area contributed by atoms with Gasteiger partial charge in [0, 0.05) is 25.5 Å². The summed E-state index contributed by atoms with van der Waals surface area (Å²) in [6, 6.07) is 11.7. The first-order chi connectivity index (χ1) is 12.6. The van der Waals surface area contributed by atoms with Crippen molar-refractivity contribution in [3.63, 3.8) is 0 Å². The fourth-order valence-electron chi connectivity index (χ4n) is 3.23. The second-order valence-electron chi connectivity index (χ2n) is 6.62. The Balaban J connectivity index is 1.66. The minimum atomic E-state index is -0.505. The quantitative estimate of drug-likeness (QED) is 0.738. The minimum Gasteiger partial charge on any atom is -0.389 e. The van der Waals surface area contributed by atoms with Gasteiger partial charge in [0.05, 0.1) is 6.10 Å². The molecule has 0 saturated heterocycles. The summed E-state index contributed by atoms with van der Waals surface area (Å²) in [6.07, 6.45) is 8.26. The maximum absolute atomic E-state index is 12.6. The molecule has 5 heteroatoms. The zero-order valence-electron chi connectivity index (χ0n) is 14.7. The summed E-state index contributed by atoms with van der Waals surface area (Å²) in [7, 11) is 0. The van der Waals surface area contributed by atoms with Crippen molar-refractivity contribution in [2.24, 2.45) is 0 Å². The predicted octanol–water partition coefficient (Wildman–Crippen LogP) is 3.46. The van der Waals surface area contributed by atoms with Crippen LogP contribution >= 0.6 is 0 Å². The number of fused-ring (bicyclic) bond motifs is 1. The van der Waals surface area contributed by atoms with Gasteiger partial charge in [0.1, 0.15) is 11.3 Å². The highest BCUT2D eigenvalue weighted by Crippen LogP contribution is 2.24. The lowest BCUT2D eigenvalue weighted by atomic mass is 10.0. The zero-order chi connectivity index (χ0) is 18.1. The van der Waals surface area contributed by atoms with Gasteiger partial charge < -0.3 is 14.4 Å². The molecule has 0 radical (unpaired) electrons. The van der Waals surface area contributed by atoms with Gasteiger partial charge in [-0.1, -0.05) is 30.4 Å². The molecule has 1 aliphatic heterocycles. The van der Waals surface area contributed by atoms with Gasteiger partial charge in [-0.2, -0.15) is 0 Å². The van der Waals surface area contributed by atoms with E-state index in [2.05, 4.69) is 11.1 Å². The summed E-state index contributed by atoms with van der Waals surface area (Å²) in [4.78, 5) is 18.9. The molecule has 26 heavy (non-hydrogen) atoms. The van der Waals surface area contributed by atoms with Crippen LogP contribution in [0.4, 0.5) is 0 Å². The van der Waals surface area contributed by atoms with E-state index in [1.54, 1.807) is 13.1 Å². The monoisotopic (exact) mass is 347 g/mol. The van der Waals surface area contributed by atoms with Crippen LogP contribution in [0.2, 0.25) is 0 Å². The molecule has 1 aromatic carbocycles. The van der Waals surface area contributed by atoms with E-state index in [4.69, 9.17) is 0 Å². The van der Waals surface area contributed by atoms with Gasteiger partial charge in [0.15, 0.2) is 0 Å². The first-order valence-electron chi connectivity index (χ1n) is 8.83. The van der Waals surface area contributed by atoms with Crippen molar-refractivity contribution in [3.8, 4) is 11.1 Å². The average Bonchev–Trinajstić information content (AvgIpc) is 3.11. The fourth-order valence-corrected chi connectivity index (χ4v) is 3.23. The molecule has 1 atom stereocenters. The summed E-state index contributed by atoms with van der Waals surface area (Å²) in [5.41, 5.74) is 4.12. The topological polar surface area (TPSA) is 57.8 Å². The number of nitrogens with zero attached hydrogens (tertiary/aromatic N) is 3. The Kier molecular flexibility index (Phi) is 4.31. The largest absolute Gasteiger partial charge is 0.389 e. The summed E-state index contributed by atoms with van der Waals surface area (Å²) >= 11 is 0. The first kappa shape index (κ1) is 16.5. The number of carbonyl (C=O) groups excluding carboxylic acids is 1. The van der Waals surface area contributed by atoms with Crippen LogP contribution in [-0.2, 0) is 0 Å². The molecule has 0 spiro atoms. The standard InChI is InChI=1S/C21H21N3O2/c1-15(25)16-6-5-7-17(12-16)18-8-9-20-22-19(14-24(20)13-18)21(26)23-10-3-2-4-11-23/h2-3,5-9,12-15,25H,4,10-11H2,1H3. The smallest absolute Gasteiger partial charge is 0.274 e. The second-order valence-corrected chi connectivity index (χ2v) is 6.62. The van der Waals surface area contributed by atoms with Gasteiger partial charge in [-0.05, 0) is 48.2 Å². The molecule has 0 bridgehead atoms. The lowest BCUT2D eigenvalue weighted by molar-refractivity contribution is 0.0766. The normalized spacial score (nSPS) is 15.4. The van der Waals surface area contributed by atoms with Crippen LogP contribution in [0, 0.1) is 0 Å². The van der Waals surface area contributed by atoms with E-state index >= 15 is 0 Å². The van der Waals surface area contributed by atoms with Crippen LogP contribution in [0.1, 0.15) is 35.5 Å². The SMILES string of the molecule is CC(O)c1cccc(-c2ccc3nc(C(=O)N4CC=CCC4)cn3c2)c1. The Labute approximate surface area is 152 Å². The Morgan fingerprint density at radius 3 is 2.81 bits per heavy atom. The molecule has 5 nitrogen and oxygen atoms in total. The summed E-state index contributed by atoms with van der Waals surface area (Å²) in [6.45, 7) is 3.14.